The Balaban J connectivity index is 1.53. The zero-order chi connectivity index (χ0) is 17.6. The Kier molecular flexibility index (Phi) is 5.79. The lowest BCUT2D eigenvalue weighted by Crippen LogP contribution is -2.43. The van der Waals surface area contributed by atoms with Crippen LogP contribution in [-0.4, -0.2) is 42.6 Å². The molecular weight excluding hydrogens is 320 g/mol. The van der Waals surface area contributed by atoms with Gasteiger partial charge in [-0.3, -0.25) is 9.59 Å². The second-order valence-corrected chi connectivity index (χ2v) is 6.68. The molecule has 0 radical (unpaired) electrons. The van der Waals surface area contributed by atoms with Crippen molar-refractivity contribution in [2.45, 2.75) is 51.5 Å². The van der Waals surface area contributed by atoms with E-state index in [1.807, 2.05) is 4.90 Å². The minimum atomic E-state index is -0.164. The van der Waals surface area contributed by atoms with Crippen molar-refractivity contribution >= 4 is 11.8 Å². The number of carbonyl (C=O) groups excluding carboxylic acids is 2. The topological polar surface area (TPSA) is 67.9 Å². The number of carbonyl (C=O) groups is 2. The lowest BCUT2D eigenvalue weighted by atomic mass is 10.1. The van der Waals surface area contributed by atoms with E-state index in [9.17, 15) is 9.59 Å². The van der Waals surface area contributed by atoms with Gasteiger partial charge in [-0.15, -0.1) is 0 Å². The predicted octanol–water partition coefficient (Wildman–Crippen LogP) is 2.72. The largest absolute Gasteiger partial charge is 0.454 e. The molecule has 2 amide bonds. The van der Waals surface area contributed by atoms with Crippen LogP contribution in [-0.2, 0) is 4.79 Å². The lowest BCUT2D eigenvalue weighted by molar-refractivity contribution is -0.131. The summed E-state index contributed by atoms with van der Waals surface area (Å²) >= 11 is 0. The van der Waals surface area contributed by atoms with E-state index in [1.54, 1.807) is 25.1 Å². The zero-order valence-corrected chi connectivity index (χ0v) is 14.8. The average molecular weight is 346 g/mol. The summed E-state index contributed by atoms with van der Waals surface area (Å²) in [6.07, 6.45) is 6.99. The summed E-state index contributed by atoms with van der Waals surface area (Å²) in [6.45, 7) is 2.81. The van der Waals surface area contributed by atoms with Gasteiger partial charge < -0.3 is 19.7 Å². The number of benzene rings is 1. The highest BCUT2D eigenvalue weighted by atomic mass is 16.7. The number of rotatable bonds is 5. The van der Waals surface area contributed by atoms with Gasteiger partial charge in [0.2, 0.25) is 12.7 Å². The van der Waals surface area contributed by atoms with Gasteiger partial charge in [-0.25, -0.2) is 0 Å². The first-order chi connectivity index (χ1) is 12.1. The van der Waals surface area contributed by atoms with Crippen molar-refractivity contribution in [2.24, 2.45) is 0 Å². The molecule has 1 fully saturated rings. The maximum absolute atomic E-state index is 12.3. The summed E-state index contributed by atoms with van der Waals surface area (Å²) in [5, 5.41) is 2.90. The van der Waals surface area contributed by atoms with E-state index in [4.69, 9.17) is 9.47 Å². The van der Waals surface area contributed by atoms with Crippen LogP contribution < -0.4 is 14.8 Å². The normalized spacial score (nSPS) is 17.0. The van der Waals surface area contributed by atoms with Crippen molar-refractivity contribution in [3.8, 4) is 11.5 Å². The van der Waals surface area contributed by atoms with Gasteiger partial charge in [0.15, 0.2) is 11.5 Å². The Hall–Kier alpha value is -2.24. The van der Waals surface area contributed by atoms with Crippen LogP contribution in [0.25, 0.3) is 0 Å². The van der Waals surface area contributed by atoms with Crippen molar-refractivity contribution in [3.05, 3.63) is 23.8 Å². The molecule has 1 aliphatic carbocycles. The quantitative estimate of drug-likeness (QED) is 0.833. The van der Waals surface area contributed by atoms with Gasteiger partial charge in [-0.2, -0.15) is 0 Å². The van der Waals surface area contributed by atoms with Crippen LogP contribution in [0.4, 0.5) is 0 Å². The third-order valence-corrected chi connectivity index (χ3v) is 4.94. The van der Waals surface area contributed by atoms with E-state index in [0.29, 0.717) is 36.2 Å². The highest BCUT2D eigenvalue weighted by Gasteiger charge is 2.22. The van der Waals surface area contributed by atoms with E-state index < -0.39 is 0 Å². The summed E-state index contributed by atoms with van der Waals surface area (Å²) < 4.78 is 10.6. The van der Waals surface area contributed by atoms with Crippen LogP contribution in [0.5, 0.6) is 11.5 Å². The Bertz CT molecular complexity index is 624. The molecule has 2 aliphatic rings. The Morgan fingerprint density at radius 1 is 1.12 bits per heavy atom. The van der Waals surface area contributed by atoms with Crippen LogP contribution in [0.3, 0.4) is 0 Å². The van der Waals surface area contributed by atoms with Gasteiger partial charge >= 0.3 is 0 Å². The molecule has 25 heavy (non-hydrogen) atoms. The molecule has 3 rings (SSSR count). The molecule has 1 aliphatic heterocycles. The van der Waals surface area contributed by atoms with Gasteiger partial charge in [0.25, 0.3) is 5.91 Å². The number of ether oxygens (including phenoxy) is 2. The van der Waals surface area contributed by atoms with Gasteiger partial charge in [-0.05, 0) is 31.0 Å². The maximum Gasteiger partial charge on any atom is 0.251 e. The number of amides is 2. The molecule has 1 aromatic carbocycles. The highest BCUT2D eigenvalue weighted by molar-refractivity contribution is 5.94. The first-order valence-electron chi connectivity index (χ1n) is 9.10. The molecule has 0 unspecified atom stereocenters. The monoisotopic (exact) mass is 346 g/mol. The summed E-state index contributed by atoms with van der Waals surface area (Å²) in [6, 6.07) is 5.45. The van der Waals surface area contributed by atoms with Crippen LogP contribution >= 0.6 is 0 Å². The molecule has 1 saturated carbocycles. The number of fused-ring (bicyclic) bond motifs is 1. The van der Waals surface area contributed by atoms with E-state index in [1.165, 1.54) is 25.7 Å². The molecule has 0 aromatic heterocycles. The molecule has 136 valence electrons. The molecule has 0 saturated heterocycles. The Morgan fingerprint density at radius 3 is 2.56 bits per heavy atom. The second kappa shape index (κ2) is 8.23. The SMILES string of the molecule is CC(=O)N(CCNC(=O)c1ccc2c(c1)OCO2)C1CCCCCC1. The van der Waals surface area contributed by atoms with Crippen molar-refractivity contribution in [1.82, 2.24) is 10.2 Å². The molecule has 6 nitrogen and oxygen atoms in total. The summed E-state index contributed by atoms with van der Waals surface area (Å²) in [5.74, 6) is 1.18. The fourth-order valence-corrected chi connectivity index (χ4v) is 3.60. The third-order valence-electron chi connectivity index (χ3n) is 4.94. The van der Waals surface area contributed by atoms with Crippen molar-refractivity contribution in [1.29, 1.82) is 0 Å². The first kappa shape index (κ1) is 17.6. The number of nitrogens with one attached hydrogen (secondary N) is 1. The fraction of sp³-hybridized carbons (Fsp3) is 0.579. The van der Waals surface area contributed by atoms with Crippen molar-refractivity contribution in [3.63, 3.8) is 0 Å². The smallest absolute Gasteiger partial charge is 0.251 e. The molecular formula is C19H26N2O4. The van der Waals surface area contributed by atoms with Gasteiger partial charge in [0.1, 0.15) is 0 Å². The van der Waals surface area contributed by atoms with Crippen LogP contribution in [0.2, 0.25) is 0 Å². The average Bonchev–Trinajstić information content (AvgIpc) is 2.91. The number of nitrogens with zero attached hydrogens (tertiary/aromatic N) is 1. The number of hydrogen-bond acceptors (Lipinski definition) is 4. The summed E-state index contributed by atoms with van der Waals surface area (Å²) in [5.41, 5.74) is 0.535. The minimum absolute atomic E-state index is 0.0872. The molecule has 0 spiro atoms. The van der Waals surface area contributed by atoms with Crippen LogP contribution in [0.1, 0.15) is 55.8 Å². The molecule has 0 atom stereocenters. The van der Waals surface area contributed by atoms with Crippen molar-refractivity contribution < 1.29 is 19.1 Å². The van der Waals surface area contributed by atoms with E-state index in [0.717, 1.165) is 12.8 Å². The summed E-state index contributed by atoms with van der Waals surface area (Å²) in [7, 11) is 0. The van der Waals surface area contributed by atoms with Gasteiger partial charge in [0, 0.05) is 31.6 Å². The van der Waals surface area contributed by atoms with Crippen LogP contribution in [0, 0.1) is 0 Å². The van der Waals surface area contributed by atoms with Crippen molar-refractivity contribution in [2.75, 3.05) is 19.9 Å². The molecule has 1 aromatic rings. The molecule has 0 bridgehead atoms. The van der Waals surface area contributed by atoms with E-state index in [2.05, 4.69) is 5.32 Å². The molecule has 6 heteroatoms. The third kappa shape index (κ3) is 4.44. The predicted molar refractivity (Wildman–Crippen MR) is 93.8 cm³/mol. The highest BCUT2D eigenvalue weighted by Crippen LogP contribution is 2.32. The maximum atomic E-state index is 12.3. The first-order valence-corrected chi connectivity index (χ1v) is 9.10. The minimum Gasteiger partial charge on any atom is -0.454 e. The molecule has 1 heterocycles. The van der Waals surface area contributed by atoms with Gasteiger partial charge in [0.05, 0.1) is 0 Å². The summed E-state index contributed by atoms with van der Waals surface area (Å²) in [4.78, 5) is 26.2. The van der Waals surface area contributed by atoms with E-state index >= 15 is 0 Å². The number of hydrogen-bond donors (Lipinski definition) is 1. The fourth-order valence-electron chi connectivity index (χ4n) is 3.60. The Morgan fingerprint density at radius 2 is 1.84 bits per heavy atom. The Labute approximate surface area is 148 Å². The zero-order valence-electron chi connectivity index (χ0n) is 14.8. The van der Waals surface area contributed by atoms with E-state index in [-0.39, 0.29) is 18.6 Å². The van der Waals surface area contributed by atoms with Gasteiger partial charge in [-0.1, -0.05) is 25.7 Å². The lowest BCUT2D eigenvalue weighted by Gasteiger charge is -2.30. The molecule has 1 N–H and O–H groups in total. The second-order valence-electron chi connectivity index (χ2n) is 6.68. The van der Waals surface area contributed by atoms with Crippen LogP contribution in [0.15, 0.2) is 18.2 Å². The standard InChI is InChI=1S/C19H26N2O4/c1-14(22)21(16-6-4-2-3-5-7-16)11-10-20-19(23)15-8-9-17-18(12-15)25-13-24-17/h8-9,12,16H,2-7,10-11,13H2,1H3,(H,20,23).